The molecule has 0 radical (unpaired) electrons. The lowest BCUT2D eigenvalue weighted by molar-refractivity contribution is 0.000987. The maximum atomic E-state index is 11.0. The Morgan fingerprint density at radius 1 is 1.20 bits per heavy atom. The number of rotatable bonds is 2. The van der Waals surface area contributed by atoms with E-state index < -0.39 is 5.60 Å². The fraction of sp³-hybridized carbons (Fsp3) is 0.474. The average molecular weight is 266 g/mol. The maximum Gasteiger partial charge on any atom is 0.0915 e. The number of hydrogen-bond acceptors (Lipinski definition) is 1. The van der Waals surface area contributed by atoms with Crippen LogP contribution in [0.5, 0.6) is 0 Å². The Morgan fingerprint density at radius 3 is 2.50 bits per heavy atom. The monoisotopic (exact) mass is 266 g/mol. The first kappa shape index (κ1) is 12.4. The lowest BCUT2D eigenvalue weighted by atomic mass is 9.70. The topological polar surface area (TPSA) is 20.2 Å². The fourth-order valence-electron chi connectivity index (χ4n) is 5.01. The van der Waals surface area contributed by atoms with Crippen LogP contribution in [-0.2, 0) is 0 Å². The molecule has 0 saturated heterocycles. The minimum absolute atomic E-state index is 0.142. The summed E-state index contributed by atoms with van der Waals surface area (Å²) >= 11 is 0. The molecule has 1 heteroatoms. The molecule has 1 nitrogen and oxygen atoms in total. The Kier molecular flexibility index (Phi) is 2.26. The zero-order valence-electron chi connectivity index (χ0n) is 12.1. The van der Waals surface area contributed by atoms with Crippen LogP contribution in [0.4, 0.5) is 0 Å². The van der Waals surface area contributed by atoms with E-state index in [0.29, 0.717) is 11.3 Å². The molecule has 1 N–H and O–H groups in total. The van der Waals surface area contributed by atoms with Crippen LogP contribution in [0, 0.1) is 16.7 Å². The van der Waals surface area contributed by atoms with Crippen LogP contribution in [-0.4, -0.2) is 10.7 Å². The van der Waals surface area contributed by atoms with Crippen LogP contribution in [0.15, 0.2) is 49.1 Å². The first-order chi connectivity index (χ1) is 9.56. The van der Waals surface area contributed by atoms with E-state index in [9.17, 15) is 5.11 Å². The van der Waals surface area contributed by atoms with Crippen molar-refractivity contribution in [3.8, 4) is 0 Å². The fourth-order valence-corrected chi connectivity index (χ4v) is 5.01. The van der Waals surface area contributed by atoms with Crippen molar-refractivity contribution in [1.29, 1.82) is 0 Å². The van der Waals surface area contributed by atoms with Crippen LogP contribution >= 0.6 is 0 Å². The molecule has 3 atom stereocenters. The highest BCUT2D eigenvalue weighted by Gasteiger charge is 2.69. The van der Waals surface area contributed by atoms with E-state index in [-0.39, 0.29) is 5.41 Å². The van der Waals surface area contributed by atoms with Crippen molar-refractivity contribution in [2.24, 2.45) is 16.7 Å². The molecular weight excluding hydrogens is 244 g/mol. The molecule has 104 valence electrons. The van der Waals surface area contributed by atoms with Gasteiger partial charge in [0.1, 0.15) is 0 Å². The lowest BCUT2D eigenvalue weighted by Gasteiger charge is -2.37. The number of benzene rings is 1. The summed E-state index contributed by atoms with van der Waals surface area (Å²) < 4.78 is 0. The Hall–Kier alpha value is -1.34. The molecule has 0 heterocycles. The smallest absolute Gasteiger partial charge is 0.0915 e. The second-order valence-electron chi connectivity index (χ2n) is 7.08. The molecule has 0 amide bonds. The van der Waals surface area contributed by atoms with E-state index in [2.05, 4.69) is 49.9 Å². The summed E-state index contributed by atoms with van der Waals surface area (Å²) in [5, 5.41) is 11.0. The third-order valence-electron chi connectivity index (χ3n) is 6.33. The summed E-state index contributed by atoms with van der Waals surface area (Å²) in [6.45, 7) is 6.15. The van der Waals surface area contributed by atoms with Gasteiger partial charge >= 0.3 is 0 Å². The summed E-state index contributed by atoms with van der Waals surface area (Å²) in [6.07, 6.45) is 8.70. The van der Waals surface area contributed by atoms with E-state index in [4.69, 9.17) is 0 Å². The zero-order valence-corrected chi connectivity index (χ0v) is 12.1. The van der Waals surface area contributed by atoms with Gasteiger partial charge in [0.25, 0.3) is 0 Å². The van der Waals surface area contributed by atoms with Crippen LogP contribution in [0.1, 0.15) is 38.2 Å². The molecular formula is C19H22O. The molecule has 0 unspecified atom stereocenters. The van der Waals surface area contributed by atoms with Gasteiger partial charge in [0, 0.05) is 5.41 Å². The van der Waals surface area contributed by atoms with E-state index in [1.54, 1.807) is 6.08 Å². The van der Waals surface area contributed by atoms with Crippen LogP contribution in [0.2, 0.25) is 0 Å². The van der Waals surface area contributed by atoms with Gasteiger partial charge in [0.05, 0.1) is 5.60 Å². The largest absolute Gasteiger partial charge is 0.385 e. The van der Waals surface area contributed by atoms with Crippen LogP contribution < -0.4 is 0 Å². The number of aliphatic hydroxyl groups is 1. The Labute approximate surface area is 121 Å². The van der Waals surface area contributed by atoms with Gasteiger partial charge in [-0.3, -0.25) is 0 Å². The van der Waals surface area contributed by atoms with Crippen molar-refractivity contribution in [2.75, 3.05) is 0 Å². The molecule has 20 heavy (non-hydrogen) atoms. The summed E-state index contributed by atoms with van der Waals surface area (Å²) in [6, 6.07) is 10.7. The summed E-state index contributed by atoms with van der Waals surface area (Å²) in [4.78, 5) is 0. The molecule has 3 aliphatic carbocycles. The molecule has 0 bridgehead atoms. The van der Waals surface area contributed by atoms with Gasteiger partial charge in [0.2, 0.25) is 0 Å². The predicted molar refractivity (Wildman–Crippen MR) is 82.1 cm³/mol. The summed E-state index contributed by atoms with van der Waals surface area (Å²) in [7, 11) is 0. The van der Waals surface area contributed by atoms with Crippen LogP contribution in [0.25, 0.3) is 5.57 Å². The van der Waals surface area contributed by atoms with Crippen molar-refractivity contribution in [1.82, 2.24) is 0 Å². The van der Waals surface area contributed by atoms with E-state index in [1.807, 2.05) is 0 Å². The molecule has 0 aliphatic heterocycles. The van der Waals surface area contributed by atoms with Gasteiger partial charge in [-0.2, -0.15) is 0 Å². The minimum atomic E-state index is -0.732. The molecule has 3 aliphatic rings. The van der Waals surface area contributed by atoms with Gasteiger partial charge < -0.3 is 5.11 Å². The predicted octanol–water partition coefficient (Wildman–Crippen LogP) is 4.20. The molecule has 1 aromatic carbocycles. The standard InChI is InChI=1S/C19H22O/c1-3-19(20)10-9-16-17(19,2)13-15(18(16)11-12-18)14-7-5-4-6-8-14/h3-8,13,16,20H,1,9-12H2,2H3/t16-,17-,19+/m0/s1. The summed E-state index contributed by atoms with van der Waals surface area (Å²) in [5.41, 5.74) is 2.28. The van der Waals surface area contributed by atoms with Gasteiger partial charge in [-0.25, -0.2) is 0 Å². The molecule has 2 saturated carbocycles. The highest BCUT2D eigenvalue weighted by molar-refractivity contribution is 5.77. The Balaban J connectivity index is 1.87. The first-order valence-corrected chi connectivity index (χ1v) is 7.70. The molecule has 2 fully saturated rings. The second-order valence-corrected chi connectivity index (χ2v) is 7.08. The zero-order chi connectivity index (χ0) is 14.0. The van der Waals surface area contributed by atoms with Crippen molar-refractivity contribution in [3.63, 3.8) is 0 Å². The van der Waals surface area contributed by atoms with E-state index in [1.165, 1.54) is 24.0 Å². The second kappa shape index (κ2) is 3.65. The lowest BCUT2D eigenvalue weighted by Crippen LogP contribution is -2.41. The van der Waals surface area contributed by atoms with Crippen molar-refractivity contribution < 1.29 is 5.11 Å². The minimum Gasteiger partial charge on any atom is -0.385 e. The quantitative estimate of drug-likeness (QED) is 0.795. The Morgan fingerprint density at radius 2 is 1.90 bits per heavy atom. The van der Waals surface area contributed by atoms with Crippen LogP contribution in [0.3, 0.4) is 0 Å². The van der Waals surface area contributed by atoms with Crippen molar-refractivity contribution in [3.05, 3.63) is 54.6 Å². The SMILES string of the molecule is C=C[C@@]1(O)CC[C@@H]2C3(CC3)C(c3ccccc3)=C[C@@]21C. The van der Waals surface area contributed by atoms with E-state index >= 15 is 0 Å². The van der Waals surface area contributed by atoms with Gasteiger partial charge in [-0.05, 0) is 48.2 Å². The average Bonchev–Trinajstić information content (AvgIpc) is 3.15. The van der Waals surface area contributed by atoms with Crippen molar-refractivity contribution in [2.45, 2.75) is 38.2 Å². The number of hydrogen-bond donors (Lipinski definition) is 1. The highest BCUT2D eigenvalue weighted by atomic mass is 16.3. The third-order valence-corrected chi connectivity index (χ3v) is 6.33. The molecule has 1 aromatic rings. The number of fused-ring (bicyclic) bond motifs is 2. The molecule has 0 aromatic heterocycles. The molecule has 1 spiro atoms. The van der Waals surface area contributed by atoms with Crippen molar-refractivity contribution >= 4 is 5.57 Å². The normalized spacial score (nSPS) is 40.5. The van der Waals surface area contributed by atoms with E-state index in [0.717, 1.165) is 12.8 Å². The third kappa shape index (κ3) is 1.27. The Bertz CT molecular complexity index is 595. The molecule has 4 rings (SSSR count). The van der Waals surface area contributed by atoms with Gasteiger partial charge in [-0.15, -0.1) is 6.58 Å². The van der Waals surface area contributed by atoms with Gasteiger partial charge in [-0.1, -0.05) is 49.4 Å². The van der Waals surface area contributed by atoms with Gasteiger partial charge in [0.15, 0.2) is 0 Å². The highest BCUT2D eigenvalue weighted by Crippen LogP contribution is 2.75. The number of allylic oxidation sites excluding steroid dienone is 1. The summed E-state index contributed by atoms with van der Waals surface area (Å²) in [5.74, 6) is 0.577. The first-order valence-electron chi connectivity index (χ1n) is 7.70. The maximum absolute atomic E-state index is 11.0.